The minimum atomic E-state index is -0.364. The number of benzene rings is 2. The second kappa shape index (κ2) is 5.10. The van der Waals surface area contributed by atoms with E-state index < -0.39 is 0 Å². The molecule has 0 bridgehead atoms. The number of halogens is 1. The van der Waals surface area contributed by atoms with Gasteiger partial charge in [-0.15, -0.1) is 0 Å². The van der Waals surface area contributed by atoms with E-state index in [1.807, 2.05) is 19.9 Å². The summed E-state index contributed by atoms with van der Waals surface area (Å²) < 4.78 is 18.9. The van der Waals surface area contributed by atoms with Crippen LogP contribution in [-0.2, 0) is 0 Å². The molecule has 0 fully saturated rings. The second-order valence-electron chi connectivity index (χ2n) is 4.43. The van der Waals surface area contributed by atoms with Crippen molar-refractivity contribution in [1.29, 1.82) is 5.41 Å². The van der Waals surface area contributed by atoms with Gasteiger partial charge in [-0.1, -0.05) is 17.7 Å². The van der Waals surface area contributed by atoms with Gasteiger partial charge in [0.15, 0.2) is 0 Å². The van der Waals surface area contributed by atoms with Gasteiger partial charge in [-0.2, -0.15) is 0 Å². The van der Waals surface area contributed by atoms with Crippen LogP contribution < -0.4 is 10.5 Å². The Morgan fingerprint density at radius 1 is 1.11 bits per heavy atom. The number of hydrogen-bond acceptors (Lipinski definition) is 2. The summed E-state index contributed by atoms with van der Waals surface area (Å²) in [6.45, 7) is 3.74. The first kappa shape index (κ1) is 13.1. The zero-order valence-corrected chi connectivity index (χ0v) is 10.8. The molecule has 98 valence electrons. The van der Waals surface area contributed by atoms with Crippen LogP contribution in [0.15, 0.2) is 36.4 Å². The Hall–Kier alpha value is -2.36. The molecule has 0 aliphatic carbocycles. The largest absolute Gasteiger partial charge is 0.456 e. The number of amidine groups is 1. The van der Waals surface area contributed by atoms with Crippen LogP contribution in [0.3, 0.4) is 0 Å². The van der Waals surface area contributed by atoms with Crippen LogP contribution in [0.25, 0.3) is 0 Å². The van der Waals surface area contributed by atoms with E-state index in [4.69, 9.17) is 15.9 Å². The van der Waals surface area contributed by atoms with E-state index in [0.717, 1.165) is 11.1 Å². The second-order valence-corrected chi connectivity index (χ2v) is 4.43. The van der Waals surface area contributed by atoms with Crippen molar-refractivity contribution >= 4 is 5.84 Å². The Bertz CT molecular complexity index is 638. The predicted molar refractivity (Wildman–Crippen MR) is 73.4 cm³/mol. The molecule has 3 nitrogen and oxygen atoms in total. The quantitative estimate of drug-likeness (QED) is 0.653. The lowest BCUT2D eigenvalue weighted by molar-refractivity contribution is 0.471. The summed E-state index contributed by atoms with van der Waals surface area (Å²) in [6.07, 6.45) is 0. The fourth-order valence-electron chi connectivity index (χ4n) is 1.75. The smallest absolute Gasteiger partial charge is 0.138 e. The van der Waals surface area contributed by atoms with E-state index >= 15 is 0 Å². The minimum absolute atomic E-state index is 0.0762. The zero-order chi connectivity index (χ0) is 14.0. The van der Waals surface area contributed by atoms with Gasteiger partial charge in [-0.3, -0.25) is 5.41 Å². The summed E-state index contributed by atoms with van der Waals surface area (Å²) in [4.78, 5) is 0. The molecule has 0 aliphatic rings. The van der Waals surface area contributed by atoms with Crippen molar-refractivity contribution in [2.75, 3.05) is 0 Å². The van der Waals surface area contributed by atoms with Gasteiger partial charge in [0, 0.05) is 6.07 Å². The maximum absolute atomic E-state index is 13.2. The summed E-state index contributed by atoms with van der Waals surface area (Å²) in [5.74, 6) is 0.433. The molecule has 0 saturated carbocycles. The first-order chi connectivity index (χ1) is 8.97. The van der Waals surface area contributed by atoms with Gasteiger partial charge in [0.2, 0.25) is 0 Å². The Kier molecular flexibility index (Phi) is 3.51. The van der Waals surface area contributed by atoms with Gasteiger partial charge < -0.3 is 10.5 Å². The highest BCUT2D eigenvalue weighted by Crippen LogP contribution is 2.29. The van der Waals surface area contributed by atoms with Crippen molar-refractivity contribution < 1.29 is 9.13 Å². The molecule has 0 heterocycles. The first-order valence-corrected chi connectivity index (χ1v) is 5.86. The lowest BCUT2D eigenvalue weighted by Crippen LogP contribution is -2.12. The molecule has 2 rings (SSSR count). The summed E-state index contributed by atoms with van der Waals surface area (Å²) in [5, 5.41) is 7.56. The van der Waals surface area contributed by atoms with Crippen molar-refractivity contribution in [1.82, 2.24) is 0 Å². The van der Waals surface area contributed by atoms with Crippen LogP contribution in [0.2, 0.25) is 0 Å². The summed E-state index contributed by atoms with van der Waals surface area (Å²) >= 11 is 0. The van der Waals surface area contributed by atoms with Gasteiger partial charge in [-0.05, 0) is 37.6 Å². The van der Waals surface area contributed by atoms with Crippen molar-refractivity contribution in [2.45, 2.75) is 13.8 Å². The molecule has 0 atom stereocenters. The Morgan fingerprint density at radius 2 is 1.84 bits per heavy atom. The Balaban J connectivity index is 2.43. The Morgan fingerprint density at radius 3 is 2.53 bits per heavy atom. The van der Waals surface area contributed by atoms with Gasteiger partial charge in [0.05, 0.1) is 5.56 Å². The van der Waals surface area contributed by atoms with E-state index in [0.29, 0.717) is 17.1 Å². The molecule has 0 radical (unpaired) electrons. The van der Waals surface area contributed by atoms with Crippen LogP contribution >= 0.6 is 0 Å². The molecular formula is C15H15FN2O. The molecule has 2 aromatic carbocycles. The summed E-state index contributed by atoms with van der Waals surface area (Å²) in [6, 6.07) is 9.70. The van der Waals surface area contributed by atoms with Crippen molar-refractivity contribution in [3.63, 3.8) is 0 Å². The maximum atomic E-state index is 13.2. The molecule has 0 unspecified atom stereocenters. The molecule has 2 aromatic rings. The number of ether oxygens (including phenoxy) is 1. The number of nitrogens with two attached hydrogens (primary N) is 1. The van der Waals surface area contributed by atoms with Crippen LogP contribution in [0, 0.1) is 25.1 Å². The minimum Gasteiger partial charge on any atom is -0.456 e. The lowest BCUT2D eigenvalue weighted by Gasteiger charge is -2.13. The van der Waals surface area contributed by atoms with Crippen LogP contribution in [-0.4, -0.2) is 5.84 Å². The van der Waals surface area contributed by atoms with Crippen molar-refractivity contribution in [3.8, 4) is 11.5 Å². The first-order valence-electron chi connectivity index (χ1n) is 5.86. The van der Waals surface area contributed by atoms with E-state index in [1.54, 1.807) is 18.2 Å². The van der Waals surface area contributed by atoms with E-state index in [-0.39, 0.29) is 11.7 Å². The summed E-state index contributed by atoms with van der Waals surface area (Å²) in [7, 11) is 0. The fraction of sp³-hybridized carbons (Fsp3) is 0.133. The molecule has 0 aromatic heterocycles. The fourth-order valence-corrected chi connectivity index (χ4v) is 1.75. The number of rotatable bonds is 3. The highest BCUT2D eigenvalue weighted by Gasteiger charge is 2.10. The molecule has 4 heteroatoms. The summed E-state index contributed by atoms with van der Waals surface area (Å²) in [5.41, 5.74) is 7.83. The molecule has 3 N–H and O–H groups in total. The van der Waals surface area contributed by atoms with Gasteiger partial charge in [-0.25, -0.2) is 4.39 Å². The molecule has 0 aliphatic heterocycles. The van der Waals surface area contributed by atoms with Crippen molar-refractivity contribution in [3.05, 3.63) is 58.9 Å². The number of aryl methyl sites for hydroxylation is 2. The topological polar surface area (TPSA) is 59.1 Å². The third-order valence-corrected chi connectivity index (χ3v) is 2.80. The highest BCUT2D eigenvalue weighted by atomic mass is 19.1. The molecule has 0 saturated heterocycles. The predicted octanol–water partition coefficient (Wildman–Crippen LogP) is 3.52. The third kappa shape index (κ3) is 2.91. The van der Waals surface area contributed by atoms with Gasteiger partial charge in [0.1, 0.15) is 23.2 Å². The SMILES string of the molecule is Cc1ccc(Oc2cc(F)ccc2C)c(C(=N)N)c1. The zero-order valence-electron chi connectivity index (χ0n) is 10.8. The van der Waals surface area contributed by atoms with E-state index in [9.17, 15) is 4.39 Å². The van der Waals surface area contributed by atoms with E-state index in [2.05, 4.69) is 0 Å². The standard InChI is InChI=1S/C15H15FN2O/c1-9-3-6-13(12(7-9)15(17)18)19-14-8-11(16)5-4-10(14)2/h3-8H,1-2H3,(H3,17,18). The molecule has 0 amide bonds. The number of nitrogens with one attached hydrogen (secondary N) is 1. The van der Waals surface area contributed by atoms with Crippen LogP contribution in [0.1, 0.15) is 16.7 Å². The van der Waals surface area contributed by atoms with Crippen LogP contribution in [0.5, 0.6) is 11.5 Å². The monoisotopic (exact) mass is 258 g/mol. The normalized spacial score (nSPS) is 10.3. The van der Waals surface area contributed by atoms with Crippen molar-refractivity contribution in [2.24, 2.45) is 5.73 Å². The Labute approximate surface area is 111 Å². The molecule has 0 spiro atoms. The number of nitrogen functional groups attached to an aromatic ring is 1. The van der Waals surface area contributed by atoms with E-state index in [1.165, 1.54) is 12.1 Å². The van der Waals surface area contributed by atoms with Crippen LogP contribution in [0.4, 0.5) is 4.39 Å². The maximum Gasteiger partial charge on any atom is 0.138 e. The average Bonchev–Trinajstić information content (AvgIpc) is 2.35. The van der Waals surface area contributed by atoms with Gasteiger partial charge >= 0.3 is 0 Å². The lowest BCUT2D eigenvalue weighted by atomic mass is 10.1. The number of hydrogen-bond donors (Lipinski definition) is 2. The average molecular weight is 258 g/mol. The van der Waals surface area contributed by atoms with Gasteiger partial charge in [0.25, 0.3) is 0 Å². The highest BCUT2D eigenvalue weighted by molar-refractivity contribution is 5.97. The molecular weight excluding hydrogens is 243 g/mol. The molecule has 19 heavy (non-hydrogen) atoms. The third-order valence-electron chi connectivity index (χ3n) is 2.80.